The molecule has 8 heteroatoms. The minimum atomic E-state index is -0.967. The minimum Gasteiger partial charge on any atom is -0.493 e. The summed E-state index contributed by atoms with van der Waals surface area (Å²) in [5.41, 5.74) is 1.26. The van der Waals surface area contributed by atoms with Gasteiger partial charge in [-0.25, -0.2) is 14.4 Å². The van der Waals surface area contributed by atoms with Crippen molar-refractivity contribution in [3.05, 3.63) is 48.0 Å². The van der Waals surface area contributed by atoms with Gasteiger partial charge in [0, 0.05) is 17.1 Å². The maximum Gasteiger partial charge on any atom is 0.306 e. The third-order valence-electron chi connectivity index (χ3n) is 3.88. The molecule has 0 radical (unpaired) electrons. The number of nitrogens with one attached hydrogen (secondary N) is 1. The van der Waals surface area contributed by atoms with E-state index in [9.17, 15) is 9.18 Å². The van der Waals surface area contributed by atoms with E-state index in [0.29, 0.717) is 33.9 Å². The molecule has 28 heavy (non-hydrogen) atoms. The van der Waals surface area contributed by atoms with Gasteiger partial charge in [0.05, 0.1) is 31.2 Å². The van der Waals surface area contributed by atoms with Crippen LogP contribution in [0.4, 0.5) is 15.9 Å². The number of carboxylic acids is 1. The summed E-state index contributed by atoms with van der Waals surface area (Å²) in [4.78, 5) is 19.2. The van der Waals surface area contributed by atoms with Gasteiger partial charge in [-0.15, -0.1) is 6.42 Å². The molecule has 0 atom stereocenters. The molecule has 0 aliphatic carbocycles. The number of carbonyl (C=O) groups is 1. The van der Waals surface area contributed by atoms with E-state index in [-0.39, 0.29) is 18.6 Å². The summed E-state index contributed by atoms with van der Waals surface area (Å²) in [6.07, 6.45) is 6.53. The topological polar surface area (TPSA) is 93.6 Å². The predicted octanol–water partition coefficient (Wildman–Crippen LogP) is 3.36. The van der Waals surface area contributed by atoms with Crippen molar-refractivity contribution in [2.45, 2.75) is 6.42 Å². The Kier molecular flexibility index (Phi) is 5.56. The van der Waals surface area contributed by atoms with Crippen LogP contribution in [0.25, 0.3) is 10.9 Å². The highest BCUT2D eigenvalue weighted by Gasteiger charge is 2.13. The number of rotatable bonds is 7. The SMILES string of the molecule is C#Cc1cc(Nc2ncnc3cc(OC)c(OCCC(=O)O)cc23)ccc1F. The van der Waals surface area contributed by atoms with E-state index in [4.69, 9.17) is 21.0 Å². The summed E-state index contributed by atoms with van der Waals surface area (Å²) in [6, 6.07) is 7.62. The number of carboxylic acid groups (broad SMARTS) is 1. The van der Waals surface area contributed by atoms with Crippen LogP contribution >= 0.6 is 0 Å². The van der Waals surface area contributed by atoms with Crippen molar-refractivity contribution in [2.24, 2.45) is 0 Å². The molecule has 1 aromatic heterocycles. The van der Waals surface area contributed by atoms with Gasteiger partial charge in [-0.1, -0.05) is 5.92 Å². The van der Waals surface area contributed by atoms with Gasteiger partial charge in [0.1, 0.15) is 18.0 Å². The van der Waals surface area contributed by atoms with Gasteiger partial charge >= 0.3 is 5.97 Å². The van der Waals surface area contributed by atoms with Gasteiger partial charge in [0.25, 0.3) is 0 Å². The van der Waals surface area contributed by atoms with Gasteiger partial charge in [0.15, 0.2) is 11.5 Å². The van der Waals surface area contributed by atoms with Crippen LogP contribution < -0.4 is 14.8 Å². The van der Waals surface area contributed by atoms with Gasteiger partial charge < -0.3 is 19.9 Å². The van der Waals surface area contributed by atoms with Crippen LogP contribution in [-0.2, 0) is 4.79 Å². The summed E-state index contributed by atoms with van der Waals surface area (Å²) in [5, 5.41) is 12.5. The summed E-state index contributed by atoms with van der Waals surface area (Å²) < 4.78 is 24.4. The molecule has 7 nitrogen and oxygen atoms in total. The predicted molar refractivity (Wildman–Crippen MR) is 101 cm³/mol. The Morgan fingerprint density at radius 3 is 2.82 bits per heavy atom. The summed E-state index contributed by atoms with van der Waals surface area (Å²) in [7, 11) is 1.48. The molecule has 0 saturated carbocycles. The molecule has 0 fully saturated rings. The van der Waals surface area contributed by atoms with Crippen LogP contribution in [0.15, 0.2) is 36.7 Å². The largest absolute Gasteiger partial charge is 0.493 e. The molecule has 0 saturated heterocycles. The number of aliphatic carboxylic acids is 1. The number of fused-ring (bicyclic) bond motifs is 1. The first kappa shape index (κ1) is 18.9. The van der Waals surface area contributed by atoms with E-state index in [1.165, 1.54) is 31.6 Å². The average molecular weight is 381 g/mol. The number of hydrogen-bond donors (Lipinski definition) is 2. The third-order valence-corrected chi connectivity index (χ3v) is 3.88. The van der Waals surface area contributed by atoms with Crippen molar-refractivity contribution in [3.8, 4) is 23.8 Å². The van der Waals surface area contributed by atoms with Crippen LogP contribution in [0.2, 0.25) is 0 Å². The Morgan fingerprint density at radius 1 is 1.29 bits per heavy atom. The second-order valence-electron chi connectivity index (χ2n) is 5.70. The van der Waals surface area contributed by atoms with Gasteiger partial charge in [-0.2, -0.15) is 0 Å². The molecule has 0 aliphatic rings. The minimum absolute atomic E-state index is 0.0167. The smallest absolute Gasteiger partial charge is 0.306 e. The van der Waals surface area contributed by atoms with Crippen molar-refractivity contribution in [1.29, 1.82) is 0 Å². The lowest BCUT2D eigenvalue weighted by molar-refractivity contribution is -0.137. The number of nitrogens with zero attached hydrogens (tertiary/aromatic N) is 2. The van der Waals surface area contributed by atoms with Crippen LogP contribution in [0.5, 0.6) is 11.5 Å². The van der Waals surface area contributed by atoms with E-state index >= 15 is 0 Å². The van der Waals surface area contributed by atoms with Gasteiger partial charge in [-0.05, 0) is 24.3 Å². The summed E-state index contributed by atoms with van der Waals surface area (Å²) in [5.74, 6) is 2.05. The monoisotopic (exact) mass is 381 g/mol. The second-order valence-corrected chi connectivity index (χ2v) is 5.70. The van der Waals surface area contributed by atoms with Crippen molar-refractivity contribution < 1.29 is 23.8 Å². The van der Waals surface area contributed by atoms with E-state index in [0.717, 1.165) is 0 Å². The number of anilines is 2. The van der Waals surface area contributed by atoms with E-state index in [1.807, 2.05) is 0 Å². The molecular formula is C20H16FN3O4. The first-order chi connectivity index (χ1) is 13.5. The van der Waals surface area contributed by atoms with Crippen molar-refractivity contribution in [3.63, 3.8) is 0 Å². The number of benzene rings is 2. The molecule has 142 valence electrons. The number of aromatic nitrogens is 2. The maximum absolute atomic E-state index is 13.6. The zero-order chi connectivity index (χ0) is 20.1. The summed E-state index contributed by atoms with van der Waals surface area (Å²) >= 11 is 0. The molecule has 0 bridgehead atoms. The molecule has 2 N–H and O–H groups in total. The molecular weight excluding hydrogens is 365 g/mol. The van der Waals surface area contributed by atoms with E-state index in [2.05, 4.69) is 21.2 Å². The Hall–Kier alpha value is -3.86. The first-order valence-electron chi connectivity index (χ1n) is 8.22. The fourth-order valence-corrected chi connectivity index (χ4v) is 2.53. The molecule has 0 aliphatic heterocycles. The van der Waals surface area contributed by atoms with E-state index < -0.39 is 11.8 Å². The van der Waals surface area contributed by atoms with Crippen LogP contribution in [0.1, 0.15) is 12.0 Å². The molecule has 2 aromatic carbocycles. The average Bonchev–Trinajstić information content (AvgIpc) is 2.69. The van der Waals surface area contributed by atoms with E-state index in [1.54, 1.807) is 12.1 Å². The number of terminal acetylenes is 1. The third kappa shape index (κ3) is 4.10. The van der Waals surface area contributed by atoms with Crippen molar-refractivity contribution in [1.82, 2.24) is 9.97 Å². The maximum atomic E-state index is 13.6. The molecule has 3 aromatic rings. The highest BCUT2D eigenvalue weighted by atomic mass is 19.1. The fraction of sp³-hybridized carbons (Fsp3) is 0.150. The Morgan fingerprint density at radius 2 is 2.11 bits per heavy atom. The first-order valence-corrected chi connectivity index (χ1v) is 8.22. The van der Waals surface area contributed by atoms with Crippen LogP contribution in [-0.4, -0.2) is 34.8 Å². The zero-order valence-corrected chi connectivity index (χ0v) is 14.9. The lowest BCUT2D eigenvalue weighted by Gasteiger charge is -2.13. The molecule has 3 rings (SSSR count). The zero-order valence-electron chi connectivity index (χ0n) is 14.9. The lowest BCUT2D eigenvalue weighted by Crippen LogP contribution is -2.06. The number of halogens is 1. The van der Waals surface area contributed by atoms with Crippen LogP contribution in [0, 0.1) is 18.2 Å². The van der Waals surface area contributed by atoms with Gasteiger partial charge in [0.2, 0.25) is 0 Å². The Labute approximate surface area is 160 Å². The van der Waals surface area contributed by atoms with Crippen molar-refractivity contribution in [2.75, 3.05) is 19.0 Å². The normalized spacial score (nSPS) is 10.3. The second kappa shape index (κ2) is 8.22. The number of methoxy groups -OCH3 is 1. The molecule has 0 spiro atoms. The standard InChI is InChI=1S/C20H16FN3O4/c1-3-12-8-13(4-5-15(12)21)24-20-14-9-18(28-7-6-19(25)26)17(27-2)10-16(14)22-11-23-20/h1,4-5,8-11H,6-7H2,2H3,(H,25,26)(H,22,23,24). The summed E-state index contributed by atoms with van der Waals surface area (Å²) in [6.45, 7) is -0.0167. The number of hydrogen-bond acceptors (Lipinski definition) is 6. The van der Waals surface area contributed by atoms with Crippen LogP contribution in [0.3, 0.4) is 0 Å². The van der Waals surface area contributed by atoms with Crippen molar-refractivity contribution >= 4 is 28.4 Å². The fourth-order valence-electron chi connectivity index (χ4n) is 2.53. The highest BCUT2D eigenvalue weighted by molar-refractivity contribution is 5.93. The molecule has 0 amide bonds. The van der Waals surface area contributed by atoms with Gasteiger partial charge in [-0.3, -0.25) is 4.79 Å². The Bertz CT molecular complexity index is 1080. The molecule has 0 unspecified atom stereocenters. The Balaban J connectivity index is 1.98. The quantitative estimate of drug-likeness (QED) is 0.606. The highest BCUT2D eigenvalue weighted by Crippen LogP contribution is 2.35. The lowest BCUT2D eigenvalue weighted by atomic mass is 10.1. The number of ether oxygens (including phenoxy) is 2. The molecule has 1 heterocycles.